The van der Waals surface area contributed by atoms with Crippen molar-refractivity contribution in [3.05, 3.63) is 60.2 Å². The molecular formula is C21H25N3O4. The predicted octanol–water partition coefficient (Wildman–Crippen LogP) is 3.25. The van der Waals surface area contributed by atoms with Gasteiger partial charge in [0.15, 0.2) is 0 Å². The van der Waals surface area contributed by atoms with Gasteiger partial charge in [-0.3, -0.25) is 10.0 Å². The second kappa shape index (κ2) is 8.75. The van der Waals surface area contributed by atoms with Crippen molar-refractivity contribution in [3.63, 3.8) is 0 Å². The minimum absolute atomic E-state index is 0.106. The summed E-state index contributed by atoms with van der Waals surface area (Å²) < 4.78 is 5.78. The number of hydroxylamine groups is 1. The first-order valence-electron chi connectivity index (χ1n) is 9.31. The Bertz CT molecular complexity index is 808. The number of nitrogens with one attached hydrogen (secondary N) is 1. The molecule has 0 saturated carbocycles. The second-order valence-corrected chi connectivity index (χ2v) is 7.12. The first kappa shape index (κ1) is 19.7. The Morgan fingerprint density at radius 2 is 1.71 bits per heavy atom. The summed E-state index contributed by atoms with van der Waals surface area (Å²) in [6, 6.07) is 16.2. The maximum atomic E-state index is 12.7. The van der Waals surface area contributed by atoms with Crippen LogP contribution in [0.4, 0.5) is 4.79 Å². The quantitative estimate of drug-likeness (QED) is 0.568. The molecule has 2 N–H and O–H groups in total. The molecule has 1 saturated heterocycles. The third-order valence-electron chi connectivity index (χ3n) is 4.75. The van der Waals surface area contributed by atoms with Crippen molar-refractivity contribution in [3.8, 4) is 11.5 Å². The first-order valence-corrected chi connectivity index (χ1v) is 9.31. The zero-order chi connectivity index (χ0) is 20.1. The van der Waals surface area contributed by atoms with E-state index in [0.717, 1.165) is 17.1 Å². The smallest absolute Gasteiger partial charge is 0.321 e. The fourth-order valence-electron chi connectivity index (χ4n) is 3.38. The van der Waals surface area contributed by atoms with Crippen LogP contribution in [-0.4, -0.2) is 46.1 Å². The molecule has 3 rings (SSSR count). The normalized spacial score (nSPS) is 15.1. The average Bonchev–Trinajstić information content (AvgIpc) is 3.04. The summed E-state index contributed by atoms with van der Waals surface area (Å²) in [5.41, 5.74) is 2.64. The summed E-state index contributed by atoms with van der Waals surface area (Å²) in [4.78, 5) is 27.9. The summed E-state index contributed by atoms with van der Waals surface area (Å²) in [5.74, 6) is 0.824. The Morgan fingerprint density at radius 3 is 2.32 bits per heavy atom. The van der Waals surface area contributed by atoms with Crippen LogP contribution in [0.3, 0.4) is 0 Å². The van der Waals surface area contributed by atoms with Crippen molar-refractivity contribution >= 4 is 11.9 Å². The van der Waals surface area contributed by atoms with E-state index in [2.05, 4.69) is 0 Å². The van der Waals surface area contributed by atoms with Gasteiger partial charge < -0.3 is 14.5 Å². The van der Waals surface area contributed by atoms with Gasteiger partial charge in [0.1, 0.15) is 17.5 Å². The third-order valence-corrected chi connectivity index (χ3v) is 4.75. The van der Waals surface area contributed by atoms with Crippen molar-refractivity contribution in [2.24, 2.45) is 5.92 Å². The molecule has 0 bridgehead atoms. The van der Waals surface area contributed by atoms with Crippen LogP contribution >= 0.6 is 0 Å². The molecule has 0 radical (unpaired) electrons. The molecule has 1 heterocycles. The molecular weight excluding hydrogens is 358 g/mol. The summed E-state index contributed by atoms with van der Waals surface area (Å²) >= 11 is 0. The molecule has 1 aliphatic rings. The molecule has 0 spiro atoms. The van der Waals surface area contributed by atoms with Crippen LogP contribution in [0.25, 0.3) is 0 Å². The zero-order valence-electron chi connectivity index (χ0n) is 16.0. The fraction of sp³-hybridized carbons (Fsp3) is 0.333. The van der Waals surface area contributed by atoms with Gasteiger partial charge in [0, 0.05) is 19.6 Å². The number of ether oxygens (including phenoxy) is 1. The lowest BCUT2D eigenvalue weighted by Gasteiger charge is -2.29. The highest BCUT2D eigenvalue weighted by Gasteiger charge is 2.38. The fourth-order valence-corrected chi connectivity index (χ4v) is 3.38. The molecule has 148 valence electrons. The number of carbonyl (C=O) groups is 2. The van der Waals surface area contributed by atoms with Gasteiger partial charge in [-0.1, -0.05) is 44.2 Å². The Balaban J connectivity index is 1.63. The van der Waals surface area contributed by atoms with E-state index in [1.165, 1.54) is 4.90 Å². The Kier molecular flexibility index (Phi) is 6.16. The lowest BCUT2D eigenvalue weighted by atomic mass is 10.0. The van der Waals surface area contributed by atoms with Crippen LogP contribution in [0, 0.1) is 5.92 Å². The Hall–Kier alpha value is -3.06. The number of hydrogen-bond acceptors (Lipinski definition) is 4. The maximum Gasteiger partial charge on any atom is 0.321 e. The zero-order valence-corrected chi connectivity index (χ0v) is 16.0. The lowest BCUT2D eigenvalue weighted by Crippen LogP contribution is -2.50. The van der Waals surface area contributed by atoms with Gasteiger partial charge in [-0.05, 0) is 35.7 Å². The molecule has 7 nitrogen and oxygen atoms in total. The molecule has 2 aromatic rings. The Morgan fingerprint density at radius 1 is 1.07 bits per heavy atom. The summed E-state index contributed by atoms with van der Waals surface area (Å²) in [5, 5.41) is 8.97. The number of rotatable bonds is 7. The van der Waals surface area contributed by atoms with Gasteiger partial charge in [0.05, 0.1) is 0 Å². The highest BCUT2D eigenvalue weighted by atomic mass is 16.5. The third kappa shape index (κ3) is 4.43. The van der Waals surface area contributed by atoms with Gasteiger partial charge >= 0.3 is 6.03 Å². The first-order chi connectivity index (χ1) is 13.5. The predicted molar refractivity (Wildman–Crippen MR) is 104 cm³/mol. The highest BCUT2D eigenvalue weighted by Crippen LogP contribution is 2.23. The standard InChI is InChI=1S/C21H25N3O4/c1-15(2)19(20(25)22-27)24-13-12-23(21(24)26)14-16-8-10-18(11-9-16)28-17-6-4-3-5-7-17/h3-11,15,19,27H,12-14H2,1-2H3,(H,22,25). The van der Waals surface area contributed by atoms with Crippen molar-refractivity contribution in [1.82, 2.24) is 15.3 Å². The van der Waals surface area contributed by atoms with Crippen molar-refractivity contribution in [2.75, 3.05) is 13.1 Å². The molecule has 7 heteroatoms. The van der Waals surface area contributed by atoms with E-state index in [0.29, 0.717) is 19.6 Å². The maximum absolute atomic E-state index is 12.7. The summed E-state index contributed by atoms with van der Waals surface area (Å²) in [6.45, 7) is 5.13. The number of hydrogen-bond donors (Lipinski definition) is 2. The van der Waals surface area contributed by atoms with E-state index in [-0.39, 0.29) is 11.9 Å². The van der Waals surface area contributed by atoms with E-state index in [1.807, 2.05) is 68.4 Å². The Labute approximate surface area is 164 Å². The van der Waals surface area contributed by atoms with Crippen LogP contribution in [0.2, 0.25) is 0 Å². The van der Waals surface area contributed by atoms with Crippen LogP contribution in [0.1, 0.15) is 19.4 Å². The molecule has 0 aromatic heterocycles. The lowest BCUT2D eigenvalue weighted by molar-refractivity contribution is -0.135. The van der Waals surface area contributed by atoms with Crippen molar-refractivity contribution in [2.45, 2.75) is 26.4 Å². The van der Waals surface area contributed by atoms with Crippen molar-refractivity contribution < 1.29 is 19.5 Å². The molecule has 28 heavy (non-hydrogen) atoms. The van der Waals surface area contributed by atoms with Crippen LogP contribution in [-0.2, 0) is 11.3 Å². The topological polar surface area (TPSA) is 82.1 Å². The summed E-state index contributed by atoms with van der Waals surface area (Å²) in [7, 11) is 0. The van der Waals surface area contributed by atoms with Gasteiger partial charge in [0.25, 0.3) is 5.91 Å². The van der Waals surface area contributed by atoms with E-state index in [1.54, 1.807) is 10.4 Å². The second-order valence-electron chi connectivity index (χ2n) is 7.12. The summed E-state index contributed by atoms with van der Waals surface area (Å²) in [6.07, 6.45) is 0. The van der Waals surface area contributed by atoms with E-state index in [4.69, 9.17) is 9.94 Å². The highest BCUT2D eigenvalue weighted by molar-refractivity contribution is 5.87. The molecule has 2 aromatic carbocycles. The molecule has 3 amide bonds. The monoisotopic (exact) mass is 383 g/mol. The minimum atomic E-state index is -0.691. The van der Waals surface area contributed by atoms with E-state index >= 15 is 0 Å². The largest absolute Gasteiger partial charge is 0.457 e. The number of para-hydroxylation sites is 1. The number of nitrogens with zero attached hydrogens (tertiary/aromatic N) is 2. The number of carbonyl (C=O) groups excluding carboxylic acids is 2. The van der Waals surface area contributed by atoms with E-state index in [9.17, 15) is 9.59 Å². The average molecular weight is 383 g/mol. The van der Waals surface area contributed by atoms with Crippen LogP contribution in [0.15, 0.2) is 54.6 Å². The van der Waals surface area contributed by atoms with E-state index < -0.39 is 11.9 Å². The molecule has 1 atom stereocenters. The molecule has 1 aliphatic heterocycles. The molecule has 1 unspecified atom stereocenters. The van der Waals surface area contributed by atoms with Crippen molar-refractivity contribution in [1.29, 1.82) is 0 Å². The number of urea groups is 1. The number of amides is 3. The molecule has 1 fully saturated rings. The van der Waals surface area contributed by atoms with Gasteiger partial charge in [-0.25, -0.2) is 10.3 Å². The molecule has 0 aliphatic carbocycles. The van der Waals surface area contributed by atoms with Gasteiger partial charge in [-0.2, -0.15) is 0 Å². The minimum Gasteiger partial charge on any atom is -0.457 e. The van der Waals surface area contributed by atoms with Crippen LogP contribution < -0.4 is 10.2 Å². The number of benzene rings is 2. The van der Waals surface area contributed by atoms with Gasteiger partial charge in [-0.15, -0.1) is 0 Å². The SMILES string of the molecule is CC(C)C(C(=O)NO)N1CCN(Cc2ccc(Oc3ccccc3)cc2)C1=O. The van der Waals surface area contributed by atoms with Crippen LogP contribution in [0.5, 0.6) is 11.5 Å². The van der Waals surface area contributed by atoms with Gasteiger partial charge in [0.2, 0.25) is 0 Å².